The van der Waals surface area contributed by atoms with Crippen LogP contribution in [0.25, 0.3) is 11.3 Å². The van der Waals surface area contributed by atoms with Gasteiger partial charge in [0, 0.05) is 24.2 Å². The lowest BCUT2D eigenvalue weighted by atomic mass is 10.1. The maximum Gasteiger partial charge on any atom is 0.254 e. The Balaban J connectivity index is 1.78. The lowest BCUT2D eigenvalue weighted by Gasteiger charge is -2.19. The predicted octanol–water partition coefficient (Wildman–Crippen LogP) is 0.688. The van der Waals surface area contributed by atoms with Gasteiger partial charge in [0.15, 0.2) is 0 Å². The molecule has 0 saturated carbocycles. The van der Waals surface area contributed by atoms with Crippen molar-refractivity contribution in [3.8, 4) is 11.3 Å². The third kappa shape index (κ3) is 3.45. The maximum atomic E-state index is 12.5. The van der Waals surface area contributed by atoms with Crippen LogP contribution < -0.4 is 11.1 Å². The molecule has 1 aliphatic heterocycles. The highest BCUT2D eigenvalue weighted by Crippen LogP contribution is 2.18. The van der Waals surface area contributed by atoms with Gasteiger partial charge in [-0.2, -0.15) is 0 Å². The van der Waals surface area contributed by atoms with Crippen molar-refractivity contribution < 1.29 is 9.59 Å². The number of anilines is 1. The zero-order valence-electron chi connectivity index (χ0n) is 12.5. The molecule has 0 unspecified atom stereocenters. The highest BCUT2D eigenvalue weighted by Gasteiger charge is 2.20. The van der Waals surface area contributed by atoms with E-state index in [1.807, 2.05) is 0 Å². The highest BCUT2D eigenvalue weighted by atomic mass is 16.2. The second-order valence-corrected chi connectivity index (χ2v) is 5.34. The number of nitrogens with one attached hydrogen (secondary N) is 1. The van der Waals surface area contributed by atoms with Gasteiger partial charge in [-0.1, -0.05) is 12.1 Å². The van der Waals surface area contributed by atoms with Gasteiger partial charge >= 0.3 is 0 Å². The Kier molecular flexibility index (Phi) is 4.18. The first-order chi connectivity index (χ1) is 11.1. The smallest absolute Gasteiger partial charge is 0.254 e. The van der Waals surface area contributed by atoms with Crippen LogP contribution >= 0.6 is 0 Å². The van der Waals surface area contributed by atoms with Gasteiger partial charge in [0.25, 0.3) is 5.91 Å². The van der Waals surface area contributed by atoms with Gasteiger partial charge in [0.05, 0.1) is 24.6 Å². The van der Waals surface area contributed by atoms with Gasteiger partial charge < -0.3 is 16.0 Å². The predicted molar refractivity (Wildman–Crippen MR) is 85.4 cm³/mol. The molecule has 0 atom stereocenters. The molecule has 3 rings (SSSR count). The Morgan fingerprint density at radius 2 is 2.00 bits per heavy atom. The average Bonchev–Trinajstić information content (AvgIpc) is 2.79. The molecular weight excluding hydrogens is 294 g/mol. The summed E-state index contributed by atoms with van der Waals surface area (Å²) < 4.78 is 0. The van der Waals surface area contributed by atoms with Gasteiger partial charge in [-0.3, -0.25) is 14.6 Å². The first-order valence-electron chi connectivity index (χ1n) is 7.37. The Morgan fingerprint density at radius 1 is 1.22 bits per heavy atom. The van der Waals surface area contributed by atoms with E-state index >= 15 is 0 Å². The molecule has 2 aromatic rings. The molecule has 1 fully saturated rings. The topological polar surface area (TPSA) is 101 Å². The van der Waals surface area contributed by atoms with E-state index in [0.29, 0.717) is 30.2 Å². The normalized spacial score (nSPS) is 15.0. The van der Waals surface area contributed by atoms with Crippen molar-refractivity contribution in [2.24, 2.45) is 0 Å². The molecule has 2 heterocycles. The van der Waals surface area contributed by atoms with Crippen molar-refractivity contribution in [3.63, 3.8) is 0 Å². The molecule has 23 heavy (non-hydrogen) atoms. The lowest BCUT2D eigenvalue weighted by molar-refractivity contribution is -0.121. The number of carbonyl (C=O) groups is 2. The number of hydrogen-bond acceptors (Lipinski definition) is 5. The molecule has 7 heteroatoms. The number of aromatic nitrogens is 2. The molecule has 1 aliphatic rings. The van der Waals surface area contributed by atoms with Gasteiger partial charge in [-0.15, -0.1) is 0 Å². The first kappa shape index (κ1) is 15.0. The summed E-state index contributed by atoms with van der Waals surface area (Å²) in [4.78, 5) is 33.8. The molecular formula is C16H17N5O2. The van der Waals surface area contributed by atoms with Crippen molar-refractivity contribution >= 4 is 17.6 Å². The third-order valence-electron chi connectivity index (χ3n) is 3.63. The quantitative estimate of drug-likeness (QED) is 0.849. The van der Waals surface area contributed by atoms with E-state index in [0.717, 1.165) is 12.0 Å². The molecule has 3 N–H and O–H groups in total. The minimum absolute atomic E-state index is 0.0985. The van der Waals surface area contributed by atoms with Crippen LogP contribution in [0.4, 0.5) is 5.82 Å². The van der Waals surface area contributed by atoms with Gasteiger partial charge in [0.1, 0.15) is 5.82 Å². The summed E-state index contributed by atoms with van der Waals surface area (Å²) in [6, 6.07) is 7.06. The van der Waals surface area contributed by atoms with Crippen LogP contribution in [0.3, 0.4) is 0 Å². The fraction of sp³-hybridized carbons (Fsp3) is 0.250. The number of nitrogens with zero attached hydrogens (tertiary/aromatic N) is 3. The van der Waals surface area contributed by atoms with Crippen LogP contribution in [-0.2, 0) is 4.79 Å². The molecule has 118 valence electrons. The summed E-state index contributed by atoms with van der Waals surface area (Å²) in [6.07, 6.45) is 3.85. The van der Waals surface area contributed by atoms with Gasteiger partial charge in [-0.05, 0) is 18.6 Å². The molecule has 0 bridgehead atoms. The largest absolute Gasteiger partial charge is 0.382 e. The molecule has 1 saturated heterocycles. The Hall–Kier alpha value is -2.96. The second kappa shape index (κ2) is 6.43. The van der Waals surface area contributed by atoms with Crippen molar-refractivity contribution in [3.05, 3.63) is 42.2 Å². The van der Waals surface area contributed by atoms with Crippen LogP contribution in [0.15, 0.2) is 36.7 Å². The third-order valence-corrected chi connectivity index (χ3v) is 3.63. The molecule has 0 spiro atoms. The summed E-state index contributed by atoms with van der Waals surface area (Å²) in [5, 5.41) is 2.76. The average molecular weight is 311 g/mol. The van der Waals surface area contributed by atoms with E-state index in [1.54, 1.807) is 35.4 Å². The SMILES string of the molecule is Nc1cncc(-c2ccc(C(=O)N3CCCNC(=O)C3)cc2)n1. The Bertz CT molecular complexity index is 730. The first-order valence-corrected chi connectivity index (χ1v) is 7.37. The van der Waals surface area contributed by atoms with E-state index in [4.69, 9.17) is 5.73 Å². The van der Waals surface area contributed by atoms with Crippen molar-refractivity contribution in [1.82, 2.24) is 20.2 Å². The number of carbonyl (C=O) groups excluding carboxylic acids is 2. The van der Waals surface area contributed by atoms with Crippen LogP contribution in [0, 0.1) is 0 Å². The number of benzene rings is 1. The van der Waals surface area contributed by atoms with E-state index in [9.17, 15) is 9.59 Å². The summed E-state index contributed by atoms with van der Waals surface area (Å²) in [5.41, 5.74) is 7.65. The van der Waals surface area contributed by atoms with Crippen molar-refractivity contribution in [1.29, 1.82) is 0 Å². The zero-order chi connectivity index (χ0) is 16.2. The molecule has 0 aliphatic carbocycles. The minimum atomic E-state index is -0.146. The number of amides is 2. The van der Waals surface area contributed by atoms with Crippen molar-refractivity contribution in [2.75, 3.05) is 25.4 Å². The fourth-order valence-electron chi connectivity index (χ4n) is 2.47. The lowest BCUT2D eigenvalue weighted by Crippen LogP contribution is -2.37. The Morgan fingerprint density at radius 3 is 2.74 bits per heavy atom. The van der Waals surface area contributed by atoms with E-state index in [-0.39, 0.29) is 18.4 Å². The highest BCUT2D eigenvalue weighted by molar-refractivity contribution is 5.97. The van der Waals surface area contributed by atoms with E-state index in [1.165, 1.54) is 6.20 Å². The molecule has 1 aromatic heterocycles. The van der Waals surface area contributed by atoms with Gasteiger partial charge in [-0.25, -0.2) is 4.98 Å². The van der Waals surface area contributed by atoms with Crippen LogP contribution in [0.2, 0.25) is 0 Å². The monoisotopic (exact) mass is 311 g/mol. The Labute approximate surface area is 133 Å². The number of hydrogen-bond donors (Lipinski definition) is 2. The number of nitrogen functional groups attached to an aromatic ring is 1. The summed E-state index contributed by atoms with van der Waals surface area (Å²) in [5.74, 6) is 0.0768. The molecule has 0 radical (unpaired) electrons. The zero-order valence-corrected chi connectivity index (χ0v) is 12.5. The fourth-order valence-corrected chi connectivity index (χ4v) is 2.47. The van der Waals surface area contributed by atoms with Crippen LogP contribution in [-0.4, -0.2) is 46.3 Å². The van der Waals surface area contributed by atoms with Crippen LogP contribution in [0.1, 0.15) is 16.8 Å². The number of nitrogens with two attached hydrogens (primary N) is 1. The van der Waals surface area contributed by atoms with Crippen molar-refractivity contribution in [2.45, 2.75) is 6.42 Å². The van der Waals surface area contributed by atoms with E-state index in [2.05, 4.69) is 15.3 Å². The second-order valence-electron chi connectivity index (χ2n) is 5.34. The summed E-state index contributed by atoms with van der Waals surface area (Å²) in [7, 11) is 0. The maximum absolute atomic E-state index is 12.5. The molecule has 7 nitrogen and oxygen atoms in total. The van der Waals surface area contributed by atoms with Gasteiger partial charge in [0.2, 0.25) is 5.91 Å². The molecule has 2 amide bonds. The van der Waals surface area contributed by atoms with E-state index < -0.39 is 0 Å². The van der Waals surface area contributed by atoms with Crippen LogP contribution in [0.5, 0.6) is 0 Å². The minimum Gasteiger partial charge on any atom is -0.382 e. The summed E-state index contributed by atoms with van der Waals surface area (Å²) >= 11 is 0. The standard InChI is InChI=1S/C16H17N5O2/c17-14-9-18-8-13(20-14)11-2-4-12(5-3-11)16(23)21-7-1-6-19-15(22)10-21/h2-5,8-9H,1,6-7,10H2,(H2,17,20)(H,19,22). The summed E-state index contributed by atoms with van der Waals surface area (Å²) in [6.45, 7) is 1.27. The molecule has 1 aromatic carbocycles. The number of rotatable bonds is 2.